The Morgan fingerprint density at radius 2 is 1.83 bits per heavy atom. The van der Waals surface area contributed by atoms with Gasteiger partial charge in [0.2, 0.25) is 5.13 Å². The van der Waals surface area contributed by atoms with E-state index in [-0.39, 0.29) is 5.52 Å². The van der Waals surface area contributed by atoms with Crippen molar-refractivity contribution in [3.05, 3.63) is 41.9 Å². The average Bonchev–Trinajstić information content (AvgIpc) is 3.01. The van der Waals surface area contributed by atoms with Gasteiger partial charge in [-0.2, -0.15) is 4.37 Å². The van der Waals surface area contributed by atoms with E-state index in [2.05, 4.69) is 24.1 Å². The molecular formula is C16H15F2N5S. The maximum Gasteiger partial charge on any atom is 0.205 e. The number of pyridine rings is 1. The van der Waals surface area contributed by atoms with Crippen LogP contribution in [0.5, 0.6) is 0 Å². The van der Waals surface area contributed by atoms with Crippen molar-refractivity contribution in [3.8, 4) is 0 Å². The molecule has 0 bridgehead atoms. The number of piperazine rings is 1. The fourth-order valence-corrected chi connectivity index (χ4v) is 3.72. The van der Waals surface area contributed by atoms with E-state index in [0.29, 0.717) is 5.39 Å². The number of rotatable bonds is 2. The minimum absolute atomic E-state index is 0.205. The van der Waals surface area contributed by atoms with Crippen LogP contribution in [0, 0.1) is 18.6 Å². The summed E-state index contributed by atoms with van der Waals surface area (Å²) in [7, 11) is 0. The Balaban J connectivity index is 1.61. The molecule has 3 aromatic rings. The number of anilines is 2. The summed E-state index contributed by atoms with van der Waals surface area (Å²) in [6.45, 7) is 4.95. The van der Waals surface area contributed by atoms with Crippen molar-refractivity contribution in [2.24, 2.45) is 0 Å². The molecule has 1 saturated heterocycles. The zero-order valence-corrected chi connectivity index (χ0v) is 13.9. The summed E-state index contributed by atoms with van der Waals surface area (Å²) in [5.41, 5.74) is 1.02. The first kappa shape index (κ1) is 15.2. The van der Waals surface area contributed by atoms with Gasteiger partial charge in [-0.3, -0.25) is 4.98 Å². The molecule has 5 nitrogen and oxygen atoms in total. The van der Waals surface area contributed by atoms with Gasteiger partial charge in [-0.15, -0.1) is 0 Å². The summed E-state index contributed by atoms with van der Waals surface area (Å²) in [6.07, 6.45) is 1.57. The first-order valence-electron chi connectivity index (χ1n) is 7.66. The lowest BCUT2D eigenvalue weighted by Gasteiger charge is -2.36. The van der Waals surface area contributed by atoms with E-state index in [9.17, 15) is 8.78 Å². The Morgan fingerprint density at radius 3 is 2.54 bits per heavy atom. The van der Waals surface area contributed by atoms with Gasteiger partial charge >= 0.3 is 0 Å². The number of nitrogens with zero attached hydrogens (tertiary/aromatic N) is 5. The quantitative estimate of drug-likeness (QED) is 0.713. The highest BCUT2D eigenvalue weighted by Gasteiger charge is 2.22. The van der Waals surface area contributed by atoms with E-state index in [0.717, 1.165) is 48.9 Å². The largest absolute Gasteiger partial charge is 0.367 e. The van der Waals surface area contributed by atoms with Crippen molar-refractivity contribution < 1.29 is 8.78 Å². The first-order valence-corrected chi connectivity index (χ1v) is 8.43. The number of halogens is 2. The normalized spacial score (nSPS) is 15.3. The first-order chi connectivity index (χ1) is 11.6. The molecule has 0 saturated carbocycles. The van der Waals surface area contributed by atoms with E-state index in [1.807, 2.05) is 13.0 Å². The Labute approximate surface area is 141 Å². The van der Waals surface area contributed by atoms with Crippen LogP contribution in [-0.2, 0) is 0 Å². The molecule has 3 heterocycles. The van der Waals surface area contributed by atoms with Gasteiger partial charge in [0.25, 0.3) is 0 Å². The predicted octanol–water partition coefficient (Wildman–Crippen LogP) is 3.00. The second kappa shape index (κ2) is 5.94. The Kier molecular flexibility index (Phi) is 3.76. The predicted molar refractivity (Wildman–Crippen MR) is 90.7 cm³/mol. The topological polar surface area (TPSA) is 45.2 Å². The van der Waals surface area contributed by atoms with Gasteiger partial charge in [0.1, 0.15) is 17.2 Å². The van der Waals surface area contributed by atoms with Crippen LogP contribution in [0.25, 0.3) is 10.9 Å². The summed E-state index contributed by atoms with van der Waals surface area (Å²) < 4.78 is 31.8. The van der Waals surface area contributed by atoms with Crippen molar-refractivity contribution in [2.45, 2.75) is 6.92 Å². The fourth-order valence-electron chi connectivity index (χ4n) is 2.99. The van der Waals surface area contributed by atoms with Crippen molar-refractivity contribution >= 4 is 33.3 Å². The molecule has 124 valence electrons. The lowest BCUT2D eigenvalue weighted by molar-refractivity contribution is 0.590. The summed E-state index contributed by atoms with van der Waals surface area (Å²) in [5.74, 6) is -0.435. The number of hydrogen-bond acceptors (Lipinski definition) is 6. The monoisotopic (exact) mass is 347 g/mol. The van der Waals surface area contributed by atoms with E-state index in [4.69, 9.17) is 0 Å². The molecule has 0 radical (unpaired) electrons. The third-order valence-electron chi connectivity index (χ3n) is 4.15. The highest BCUT2D eigenvalue weighted by molar-refractivity contribution is 7.09. The Bertz CT molecular complexity index is 889. The third-order valence-corrected chi connectivity index (χ3v) is 5.02. The molecule has 4 rings (SSSR count). The molecule has 0 unspecified atom stereocenters. The number of aryl methyl sites for hydroxylation is 1. The van der Waals surface area contributed by atoms with Gasteiger partial charge in [0.15, 0.2) is 5.82 Å². The van der Waals surface area contributed by atoms with E-state index < -0.39 is 11.6 Å². The number of fused-ring (bicyclic) bond motifs is 1. The lowest BCUT2D eigenvalue weighted by atomic mass is 10.1. The number of aromatic nitrogens is 3. The molecule has 8 heteroatoms. The van der Waals surface area contributed by atoms with Gasteiger partial charge in [-0.1, -0.05) is 0 Å². The van der Waals surface area contributed by atoms with Crippen LogP contribution in [-0.4, -0.2) is 40.5 Å². The minimum Gasteiger partial charge on any atom is -0.367 e. The van der Waals surface area contributed by atoms with Gasteiger partial charge < -0.3 is 9.80 Å². The molecular weight excluding hydrogens is 332 g/mol. The molecule has 0 atom stereocenters. The third kappa shape index (κ3) is 2.66. The van der Waals surface area contributed by atoms with E-state index in [1.54, 1.807) is 6.20 Å². The molecule has 0 aliphatic carbocycles. The zero-order valence-electron chi connectivity index (χ0n) is 13.0. The standard InChI is InChI=1S/C16H15F2N5S/c1-10-20-16(24-21-10)23-6-4-22(5-7-23)14-2-3-19-15-12(14)8-11(17)9-13(15)18/h2-3,8-9H,4-7H2,1H3. The summed E-state index contributed by atoms with van der Waals surface area (Å²) in [6, 6.07) is 4.03. The van der Waals surface area contributed by atoms with Crippen LogP contribution in [0.3, 0.4) is 0 Å². The van der Waals surface area contributed by atoms with Crippen molar-refractivity contribution in [1.82, 2.24) is 14.3 Å². The fraction of sp³-hybridized carbons (Fsp3) is 0.312. The van der Waals surface area contributed by atoms with Crippen molar-refractivity contribution in [3.63, 3.8) is 0 Å². The molecule has 1 aromatic carbocycles. The zero-order chi connectivity index (χ0) is 16.7. The second-order valence-electron chi connectivity index (χ2n) is 5.71. The highest BCUT2D eigenvalue weighted by Crippen LogP contribution is 2.29. The maximum absolute atomic E-state index is 13.9. The average molecular weight is 347 g/mol. The summed E-state index contributed by atoms with van der Waals surface area (Å²) in [4.78, 5) is 12.8. The molecule has 0 N–H and O–H groups in total. The van der Waals surface area contributed by atoms with Crippen LogP contribution in [0.15, 0.2) is 24.4 Å². The van der Waals surface area contributed by atoms with Gasteiger partial charge in [-0.05, 0) is 19.1 Å². The van der Waals surface area contributed by atoms with Crippen LogP contribution in [0.2, 0.25) is 0 Å². The Morgan fingerprint density at radius 1 is 1.08 bits per heavy atom. The van der Waals surface area contributed by atoms with Crippen molar-refractivity contribution in [2.75, 3.05) is 36.0 Å². The molecule has 2 aromatic heterocycles. The molecule has 1 aliphatic rings. The minimum atomic E-state index is -0.630. The molecule has 0 amide bonds. The SMILES string of the molecule is Cc1nsc(N2CCN(c3ccnc4c(F)cc(F)cc34)CC2)n1. The smallest absolute Gasteiger partial charge is 0.205 e. The van der Waals surface area contributed by atoms with Gasteiger partial charge in [-0.25, -0.2) is 13.8 Å². The Hall–Kier alpha value is -2.35. The molecule has 0 spiro atoms. The van der Waals surface area contributed by atoms with Crippen LogP contribution in [0.1, 0.15) is 5.82 Å². The highest BCUT2D eigenvalue weighted by atomic mass is 32.1. The van der Waals surface area contributed by atoms with Crippen LogP contribution >= 0.6 is 11.5 Å². The summed E-state index contributed by atoms with van der Waals surface area (Å²) >= 11 is 1.40. The maximum atomic E-state index is 13.9. The van der Waals surface area contributed by atoms with E-state index in [1.165, 1.54) is 17.6 Å². The second-order valence-corrected chi connectivity index (χ2v) is 6.44. The van der Waals surface area contributed by atoms with Crippen LogP contribution < -0.4 is 9.80 Å². The van der Waals surface area contributed by atoms with E-state index >= 15 is 0 Å². The van der Waals surface area contributed by atoms with Crippen molar-refractivity contribution in [1.29, 1.82) is 0 Å². The molecule has 24 heavy (non-hydrogen) atoms. The van der Waals surface area contributed by atoms with Crippen LogP contribution in [0.4, 0.5) is 19.6 Å². The number of benzene rings is 1. The van der Waals surface area contributed by atoms with Gasteiger partial charge in [0.05, 0.1) is 0 Å². The lowest BCUT2D eigenvalue weighted by Crippen LogP contribution is -2.46. The summed E-state index contributed by atoms with van der Waals surface area (Å²) in [5, 5.41) is 1.43. The molecule has 1 aliphatic heterocycles. The molecule has 1 fully saturated rings. The number of hydrogen-bond donors (Lipinski definition) is 0. The van der Waals surface area contributed by atoms with Gasteiger partial charge in [0, 0.05) is 61.0 Å².